The number of allylic oxidation sites excluding steroid dienone is 1. The van der Waals surface area contributed by atoms with Gasteiger partial charge in [0.2, 0.25) is 5.91 Å². The molecule has 0 saturated heterocycles. The molecule has 2 heterocycles. The van der Waals surface area contributed by atoms with Gasteiger partial charge in [-0.15, -0.1) is 0 Å². The highest BCUT2D eigenvalue weighted by Crippen LogP contribution is 2.41. The Kier molecular flexibility index (Phi) is 7.47. The van der Waals surface area contributed by atoms with Gasteiger partial charge in [0.15, 0.2) is 0 Å². The van der Waals surface area contributed by atoms with Gasteiger partial charge >= 0.3 is 0 Å². The minimum absolute atomic E-state index is 0.0838. The molecule has 0 unspecified atom stereocenters. The van der Waals surface area contributed by atoms with Crippen LogP contribution in [-0.4, -0.2) is 23.0 Å². The maximum atomic E-state index is 14.4. The van der Waals surface area contributed by atoms with E-state index in [0.717, 1.165) is 62.0 Å². The number of fused-ring (bicyclic) bond motifs is 2. The number of nitrogens with one attached hydrogen (secondary N) is 2. The fraction of sp³-hybridized carbons (Fsp3) is 0.128. The van der Waals surface area contributed by atoms with Crippen molar-refractivity contribution in [1.29, 1.82) is 0 Å². The maximum absolute atomic E-state index is 14.4. The molecular weight excluding hydrogens is 561 g/mol. The zero-order valence-corrected chi connectivity index (χ0v) is 25.1. The molecule has 6 heteroatoms. The van der Waals surface area contributed by atoms with Crippen LogP contribution in [0.4, 0.5) is 10.1 Å². The monoisotopic (exact) mass is 593 g/mol. The molecule has 2 N–H and O–H groups in total. The van der Waals surface area contributed by atoms with Crippen molar-refractivity contribution in [3.8, 4) is 28.0 Å². The van der Waals surface area contributed by atoms with Crippen LogP contribution in [0, 0.1) is 5.82 Å². The molecule has 0 aliphatic heterocycles. The first-order chi connectivity index (χ1) is 21.9. The molecule has 0 saturated carbocycles. The number of aromatic nitrogens is 2. The van der Waals surface area contributed by atoms with Gasteiger partial charge in [-0.1, -0.05) is 67.6 Å². The van der Waals surface area contributed by atoms with E-state index < -0.39 is 0 Å². The van der Waals surface area contributed by atoms with Gasteiger partial charge in [0.25, 0.3) is 0 Å². The third-order valence-corrected chi connectivity index (χ3v) is 8.49. The molecular formula is C39H32FN3O2. The van der Waals surface area contributed by atoms with E-state index in [1.165, 1.54) is 11.6 Å². The molecule has 6 aromatic rings. The third-order valence-electron chi connectivity index (χ3n) is 8.49. The van der Waals surface area contributed by atoms with Crippen molar-refractivity contribution in [2.24, 2.45) is 0 Å². The molecule has 0 spiro atoms. The van der Waals surface area contributed by atoms with Gasteiger partial charge in [0, 0.05) is 40.0 Å². The predicted molar refractivity (Wildman–Crippen MR) is 179 cm³/mol. The molecule has 2 aromatic heterocycles. The Morgan fingerprint density at radius 2 is 1.78 bits per heavy atom. The Morgan fingerprint density at radius 1 is 0.911 bits per heavy atom. The predicted octanol–water partition coefficient (Wildman–Crippen LogP) is 9.16. The van der Waals surface area contributed by atoms with Gasteiger partial charge in [0.1, 0.15) is 11.6 Å². The molecule has 4 aromatic carbocycles. The number of carbonyl (C=O) groups excluding carboxylic acids is 1. The van der Waals surface area contributed by atoms with Crippen molar-refractivity contribution in [3.05, 3.63) is 144 Å². The van der Waals surface area contributed by atoms with E-state index >= 15 is 0 Å². The summed E-state index contributed by atoms with van der Waals surface area (Å²) in [5.41, 5.74) is 10.8. The van der Waals surface area contributed by atoms with Gasteiger partial charge in [-0.3, -0.25) is 9.78 Å². The number of hydrogen-bond acceptors (Lipinski definition) is 3. The van der Waals surface area contributed by atoms with E-state index in [1.807, 2.05) is 66.9 Å². The topological polar surface area (TPSA) is 67.0 Å². The van der Waals surface area contributed by atoms with E-state index in [4.69, 9.17) is 4.74 Å². The Bertz CT molecular complexity index is 2080. The fourth-order valence-electron chi connectivity index (χ4n) is 6.23. The SMILES string of the molecule is COc1cc(F)cc(-c2cccc3[nH]c(C4=CC[C@@H](C)c5ccc(-c6cncc(NC(=O)Cc7ccccc7)c6)cc54)cc23)c1. The number of rotatable bonds is 7. The van der Waals surface area contributed by atoms with E-state index in [1.54, 1.807) is 19.4 Å². The Morgan fingerprint density at radius 3 is 2.62 bits per heavy atom. The van der Waals surface area contributed by atoms with Crippen LogP contribution in [0.1, 0.15) is 41.6 Å². The first-order valence-electron chi connectivity index (χ1n) is 15.1. The fourth-order valence-corrected chi connectivity index (χ4v) is 6.23. The van der Waals surface area contributed by atoms with Crippen molar-refractivity contribution in [1.82, 2.24) is 9.97 Å². The summed E-state index contributed by atoms with van der Waals surface area (Å²) < 4.78 is 19.8. The second-order valence-corrected chi connectivity index (χ2v) is 11.6. The van der Waals surface area contributed by atoms with Crippen molar-refractivity contribution < 1.29 is 13.9 Å². The molecule has 1 amide bonds. The van der Waals surface area contributed by atoms with Crippen LogP contribution in [0.25, 0.3) is 38.7 Å². The second kappa shape index (κ2) is 11.9. The summed E-state index contributed by atoms with van der Waals surface area (Å²) in [6.45, 7) is 2.25. The van der Waals surface area contributed by atoms with Crippen molar-refractivity contribution >= 4 is 28.1 Å². The van der Waals surface area contributed by atoms with Crippen LogP contribution in [-0.2, 0) is 11.2 Å². The highest BCUT2D eigenvalue weighted by Gasteiger charge is 2.22. The number of anilines is 1. The van der Waals surface area contributed by atoms with Crippen molar-refractivity contribution in [2.75, 3.05) is 12.4 Å². The summed E-state index contributed by atoms with van der Waals surface area (Å²) >= 11 is 0. The Labute approximate surface area is 261 Å². The number of methoxy groups -OCH3 is 1. The molecule has 1 atom stereocenters. The summed E-state index contributed by atoms with van der Waals surface area (Å²) in [5.74, 6) is 0.438. The largest absolute Gasteiger partial charge is 0.497 e. The number of H-pyrrole nitrogens is 1. The van der Waals surface area contributed by atoms with Crippen LogP contribution >= 0.6 is 0 Å². The number of aromatic amines is 1. The Balaban J connectivity index is 1.22. The van der Waals surface area contributed by atoms with E-state index in [-0.39, 0.29) is 11.7 Å². The van der Waals surface area contributed by atoms with Gasteiger partial charge < -0.3 is 15.0 Å². The normalized spacial score (nSPS) is 14.1. The molecule has 0 radical (unpaired) electrons. The average Bonchev–Trinajstić information content (AvgIpc) is 3.49. The second-order valence-electron chi connectivity index (χ2n) is 11.6. The highest BCUT2D eigenvalue weighted by molar-refractivity contribution is 5.99. The third kappa shape index (κ3) is 5.75. The van der Waals surface area contributed by atoms with Crippen LogP contribution < -0.4 is 10.1 Å². The average molecular weight is 594 g/mol. The minimum Gasteiger partial charge on any atom is -0.497 e. The molecule has 0 fully saturated rings. The number of amides is 1. The molecule has 7 rings (SSSR count). The van der Waals surface area contributed by atoms with Gasteiger partial charge in [0.05, 0.1) is 25.4 Å². The summed E-state index contributed by atoms with van der Waals surface area (Å²) in [5, 5.41) is 4.01. The van der Waals surface area contributed by atoms with E-state index in [2.05, 4.69) is 52.5 Å². The van der Waals surface area contributed by atoms with Gasteiger partial charge in [-0.25, -0.2) is 4.39 Å². The molecule has 222 valence electrons. The number of ether oxygens (including phenoxy) is 1. The van der Waals surface area contributed by atoms with Crippen molar-refractivity contribution in [2.45, 2.75) is 25.7 Å². The highest BCUT2D eigenvalue weighted by atomic mass is 19.1. The molecule has 45 heavy (non-hydrogen) atoms. The number of nitrogens with zero attached hydrogens (tertiary/aromatic N) is 1. The number of pyridine rings is 1. The van der Waals surface area contributed by atoms with Gasteiger partial charge in [-0.2, -0.15) is 0 Å². The number of hydrogen-bond donors (Lipinski definition) is 2. The van der Waals surface area contributed by atoms with E-state index in [9.17, 15) is 9.18 Å². The van der Waals surface area contributed by atoms with Crippen LogP contribution in [0.5, 0.6) is 5.75 Å². The molecule has 0 bridgehead atoms. The summed E-state index contributed by atoms with van der Waals surface area (Å²) in [6, 6.07) is 31.2. The number of carbonyl (C=O) groups is 1. The van der Waals surface area contributed by atoms with Crippen LogP contribution in [0.2, 0.25) is 0 Å². The summed E-state index contributed by atoms with van der Waals surface area (Å²) in [4.78, 5) is 20.8. The zero-order chi connectivity index (χ0) is 30.9. The standard InChI is InChI=1S/C39H32FN3O2/c1-24-11-13-34(38-21-36-33(9-6-10-37(36)43-38)27-16-29(40)20-31(18-27)45-2)35-19-26(12-14-32(24)35)28-17-30(23-41-22-28)42-39(44)15-25-7-4-3-5-8-25/h3-10,12-14,16-24,43H,11,15H2,1-2H3,(H,42,44)/t24-/m1/s1. The van der Waals surface area contributed by atoms with Crippen molar-refractivity contribution in [3.63, 3.8) is 0 Å². The number of benzene rings is 4. The first kappa shape index (κ1) is 28.3. The smallest absolute Gasteiger partial charge is 0.228 e. The maximum Gasteiger partial charge on any atom is 0.228 e. The lowest BCUT2D eigenvalue weighted by molar-refractivity contribution is -0.115. The lowest BCUT2D eigenvalue weighted by Gasteiger charge is -2.23. The lowest BCUT2D eigenvalue weighted by Crippen LogP contribution is -2.14. The van der Waals surface area contributed by atoms with E-state index in [0.29, 0.717) is 23.8 Å². The van der Waals surface area contributed by atoms with Crippen LogP contribution in [0.15, 0.2) is 116 Å². The summed E-state index contributed by atoms with van der Waals surface area (Å²) in [6.07, 6.45) is 7.02. The molecule has 1 aliphatic carbocycles. The number of halogens is 1. The van der Waals surface area contributed by atoms with Gasteiger partial charge in [-0.05, 0) is 82.1 Å². The minimum atomic E-state index is -0.336. The quantitative estimate of drug-likeness (QED) is 0.194. The zero-order valence-electron chi connectivity index (χ0n) is 25.1. The molecule has 5 nitrogen and oxygen atoms in total. The Hall–Kier alpha value is -5.49. The lowest BCUT2D eigenvalue weighted by atomic mass is 9.81. The summed E-state index contributed by atoms with van der Waals surface area (Å²) in [7, 11) is 1.55. The molecule has 1 aliphatic rings. The first-order valence-corrected chi connectivity index (χ1v) is 15.1. The van der Waals surface area contributed by atoms with Crippen LogP contribution in [0.3, 0.4) is 0 Å².